The Balaban J connectivity index is 2.33. The van der Waals surface area contributed by atoms with Gasteiger partial charge in [-0.05, 0) is 12.8 Å². The van der Waals surface area contributed by atoms with Crippen molar-refractivity contribution in [2.45, 2.75) is 25.2 Å². The third kappa shape index (κ3) is 1.43. The minimum atomic E-state index is -1.82. The van der Waals surface area contributed by atoms with Crippen LogP contribution in [0.4, 0.5) is 0 Å². The van der Waals surface area contributed by atoms with Crippen molar-refractivity contribution in [3.8, 4) is 0 Å². The summed E-state index contributed by atoms with van der Waals surface area (Å²) in [5, 5.41) is 17.4. The molecule has 1 aliphatic heterocycles. The van der Waals surface area contributed by atoms with Gasteiger partial charge < -0.3 is 14.9 Å². The predicted molar refractivity (Wildman–Crippen MR) is 27.0 cm³/mol. The molecule has 0 aromatic rings. The van der Waals surface area contributed by atoms with Gasteiger partial charge in [0.1, 0.15) is 0 Å². The summed E-state index contributed by atoms with van der Waals surface area (Å²) in [4.78, 5) is 0. The highest BCUT2D eigenvalue weighted by molar-refractivity contribution is 4.57. The molecule has 48 valence electrons. The first-order chi connectivity index (χ1) is 3.71. The molecule has 8 heavy (non-hydrogen) atoms. The van der Waals surface area contributed by atoms with Gasteiger partial charge in [0.05, 0.1) is 6.61 Å². The zero-order chi connectivity index (χ0) is 6.04. The number of hydrogen-bond acceptors (Lipinski definition) is 3. The molecular weight excluding hydrogens is 108 g/mol. The van der Waals surface area contributed by atoms with Gasteiger partial charge in [0.15, 0.2) is 0 Å². The van der Waals surface area contributed by atoms with E-state index in [0.29, 0.717) is 13.0 Å². The molecular formula is C5H10O3. The molecule has 0 unspecified atom stereocenters. The number of hydrogen-bond donors (Lipinski definition) is 2. The normalized spacial score (nSPS) is 27.8. The molecule has 0 aromatic heterocycles. The minimum Gasteiger partial charge on any atom is -0.343 e. The Hall–Kier alpha value is -0.120. The average Bonchev–Trinajstić information content (AvgIpc) is 1.65. The van der Waals surface area contributed by atoms with Gasteiger partial charge in [-0.3, -0.25) is 0 Å². The quantitative estimate of drug-likeness (QED) is 0.434. The fourth-order valence-electron chi connectivity index (χ4n) is 0.765. The Labute approximate surface area is 47.9 Å². The minimum absolute atomic E-state index is 0.340. The van der Waals surface area contributed by atoms with Crippen molar-refractivity contribution in [1.82, 2.24) is 0 Å². The van der Waals surface area contributed by atoms with Crippen LogP contribution in [0.15, 0.2) is 0 Å². The van der Waals surface area contributed by atoms with Gasteiger partial charge >= 0.3 is 0 Å². The first kappa shape index (κ1) is 6.01. The summed E-state index contributed by atoms with van der Waals surface area (Å²) >= 11 is 0. The maximum Gasteiger partial charge on any atom is 0.277 e. The average molecular weight is 118 g/mol. The van der Waals surface area contributed by atoms with Crippen LogP contribution < -0.4 is 0 Å². The molecule has 3 nitrogen and oxygen atoms in total. The summed E-state index contributed by atoms with van der Waals surface area (Å²) in [7, 11) is 0. The van der Waals surface area contributed by atoms with Crippen LogP contribution in [0.2, 0.25) is 0 Å². The lowest BCUT2D eigenvalue weighted by Crippen LogP contribution is -2.35. The molecule has 0 spiro atoms. The maximum atomic E-state index is 8.71. The lowest BCUT2D eigenvalue weighted by molar-refractivity contribution is -0.351. The van der Waals surface area contributed by atoms with E-state index in [1.807, 2.05) is 0 Å². The van der Waals surface area contributed by atoms with Crippen molar-refractivity contribution in [3.05, 3.63) is 0 Å². The third-order valence-corrected chi connectivity index (χ3v) is 1.23. The summed E-state index contributed by atoms with van der Waals surface area (Å²) in [6.07, 6.45) is 2.11. The Kier molecular flexibility index (Phi) is 1.51. The van der Waals surface area contributed by atoms with E-state index in [4.69, 9.17) is 10.2 Å². The van der Waals surface area contributed by atoms with Crippen LogP contribution in [-0.4, -0.2) is 22.8 Å². The molecule has 0 aromatic carbocycles. The highest BCUT2D eigenvalue weighted by atomic mass is 16.8. The van der Waals surface area contributed by atoms with E-state index in [1.165, 1.54) is 0 Å². The molecule has 1 aliphatic rings. The van der Waals surface area contributed by atoms with Gasteiger partial charge in [0.25, 0.3) is 5.97 Å². The van der Waals surface area contributed by atoms with Crippen molar-refractivity contribution in [1.29, 1.82) is 0 Å². The van der Waals surface area contributed by atoms with E-state index in [9.17, 15) is 0 Å². The molecule has 1 heterocycles. The van der Waals surface area contributed by atoms with Gasteiger partial charge in [-0.15, -0.1) is 0 Å². The van der Waals surface area contributed by atoms with Crippen LogP contribution in [0.1, 0.15) is 19.3 Å². The topological polar surface area (TPSA) is 49.7 Å². The highest BCUT2D eigenvalue weighted by Gasteiger charge is 2.26. The first-order valence-electron chi connectivity index (χ1n) is 2.79. The number of aliphatic hydroxyl groups is 2. The Morgan fingerprint density at radius 1 is 1.25 bits per heavy atom. The highest BCUT2D eigenvalue weighted by Crippen LogP contribution is 2.17. The summed E-state index contributed by atoms with van der Waals surface area (Å²) in [5.41, 5.74) is 0. The van der Waals surface area contributed by atoms with Gasteiger partial charge in [-0.2, -0.15) is 0 Å². The third-order valence-electron chi connectivity index (χ3n) is 1.23. The molecule has 1 fully saturated rings. The van der Waals surface area contributed by atoms with Crippen LogP contribution in [0.5, 0.6) is 0 Å². The van der Waals surface area contributed by atoms with E-state index in [-0.39, 0.29) is 0 Å². The monoisotopic (exact) mass is 118 g/mol. The van der Waals surface area contributed by atoms with Crippen LogP contribution in [0.25, 0.3) is 0 Å². The zero-order valence-electron chi connectivity index (χ0n) is 4.63. The van der Waals surface area contributed by atoms with Gasteiger partial charge in [0.2, 0.25) is 0 Å². The molecule has 0 saturated carbocycles. The van der Waals surface area contributed by atoms with Crippen LogP contribution in [0.3, 0.4) is 0 Å². The fraction of sp³-hybridized carbons (Fsp3) is 1.00. The lowest BCUT2D eigenvalue weighted by atomic mass is 10.2. The Bertz CT molecular complexity index is 71.7. The van der Waals surface area contributed by atoms with Crippen LogP contribution in [0, 0.1) is 0 Å². The SMILES string of the molecule is OC1(O)CCCCO1. The second-order valence-corrected chi connectivity index (χ2v) is 2.05. The molecule has 0 radical (unpaired) electrons. The largest absolute Gasteiger partial charge is 0.343 e. The van der Waals surface area contributed by atoms with Crippen LogP contribution in [-0.2, 0) is 4.74 Å². The molecule has 1 rings (SSSR count). The van der Waals surface area contributed by atoms with E-state index in [0.717, 1.165) is 12.8 Å². The summed E-state index contributed by atoms with van der Waals surface area (Å²) in [5.74, 6) is -1.82. The summed E-state index contributed by atoms with van der Waals surface area (Å²) in [6, 6.07) is 0. The standard InChI is InChI=1S/C5H10O3/c6-5(7)3-1-2-4-8-5/h6-7H,1-4H2. The zero-order valence-corrected chi connectivity index (χ0v) is 4.63. The van der Waals surface area contributed by atoms with Gasteiger partial charge in [-0.25, -0.2) is 0 Å². The van der Waals surface area contributed by atoms with Gasteiger partial charge in [0, 0.05) is 6.42 Å². The smallest absolute Gasteiger partial charge is 0.277 e. The van der Waals surface area contributed by atoms with Gasteiger partial charge in [-0.1, -0.05) is 0 Å². The summed E-state index contributed by atoms with van der Waals surface area (Å²) in [6.45, 7) is 0.465. The number of rotatable bonds is 0. The van der Waals surface area contributed by atoms with Crippen molar-refractivity contribution < 1.29 is 14.9 Å². The van der Waals surface area contributed by atoms with Crippen molar-refractivity contribution in [2.24, 2.45) is 0 Å². The van der Waals surface area contributed by atoms with Crippen molar-refractivity contribution in [2.75, 3.05) is 6.61 Å². The number of ether oxygens (including phenoxy) is 1. The Morgan fingerprint density at radius 2 is 2.00 bits per heavy atom. The van der Waals surface area contributed by atoms with E-state index < -0.39 is 5.97 Å². The van der Waals surface area contributed by atoms with E-state index >= 15 is 0 Å². The molecule has 1 saturated heterocycles. The molecule has 0 atom stereocenters. The molecule has 0 aliphatic carbocycles. The predicted octanol–water partition coefficient (Wildman–Crippen LogP) is -0.175. The second-order valence-electron chi connectivity index (χ2n) is 2.05. The molecule has 0 bridgehead atoms. The summed E-state index contributed by atoms with van der Waals surface area (Å²) < 4.78 is 4.58. The lowest BCUT2D eigenvalue weighted by Gasteiger charge is -2.25. The molecule has 3 heteroatoms. The molecule has 2 N–H and O–H groups in total. The molecule has 0 amide bonds. The van der Waals surface area contributed by atoms with E-state index in [1.54, 1.807) is 0 Å². The van der Waals surface area contributed by atoms with E-state index in [2.05, 4.69) is 4.74 Å². The maximum absolute atomic E-state index is 8.71. The Morgan fingerprint density at radius 3 is 2.25 bits per heavy atom. The van der Waals surface area contributed by atoms with Crippen molar-refractivity contribution in [3.63, 3.8) is 0 Å². The first-order valence-corrected chi connectivity index (χ1v) is 2.79. The second kappa shape index (κ2) is 2.01. The fourth-order valence-corrected chi connectivity index (χ4v) is 0.765. The van der Waals surface area contributed by atoms with Crippen LogP contribution >= 0.6 is 0 Å². The van der Waals surface area contributed by atoms with Crippen molar-refractivity contribution >= 4 is 0 Å².